The zero-order chi connectivity index (χ0) is 14.8. The molecular weight excluding hydrogens is 288 g/mol. The van der Waals surface area contributed by atoms with Gasteiger partial charge >= 0.3 is 5.97 Å². The SMILES string of the molecule is O=C(O)[C@H]1CC=CC[C@@H]1C(=O)Nc1nc2c(s1)CCCC2. The lowest BCUT2D eigenvalue weighted by Crippen LogP contribution is -2.34. The molecule has 0 saturated carbocycles. The summed E-state index contributed by atoms with van der Waals surface area (Å²) in [6.07, 6.45) is 8.96. The van der Waals surface area contributed by atoms with Crippen LogP contribution in [-0.4, -0.2) is 22.0 Å². The van der Waals surface area contributed by atoms with Crippen molar-refractivity contribution in [3.63, 3.8) is 0 Å². The number of nitrogens with one attached hydrogen (secondary N) is 1. The van der Waals surface area contributed by atoms with E-state index in [4.69, 9.17) is 0 Å². The largest absolute Gasteiger partial charge is 0.481 e. The van der Waals surface area contributed by atoms with Gasteiger partial charge in [0.2, 0.25) is 5.91 Å². The third kappa shape index (κ3) is 3.00. The van der Waals surface area contributed by atoms with Gasteiger partial charge in [-0.2, -0.15) is 0 Å². The first-order valence-corrected chi connectivity index (χ1v) is 8.14. The molecule has 1 amide bonds. The minimum absolute atomic E-state index is 0.224. The molecule has 21 heavy (non-hydrogen) atoms. The van der Waals surface area contributed by atoms with Crippen molar-refractivity contribution in [1.82, 2.24) is 4.98 Å². The van der Waals surface area contributed by atoms with E-state index in [1.165, 1.54) is 22.6 Å². The number of aromatic nitrogens is 1. The number of nitrogens with zero attached hydrogens (tertiary/aromatic N) is 1. The van der Waals surface area contributed by atoms with Crippen molar-refractivity contribution in [3.05, 3.63) is 22.7 Å². The molecule has 112 valence electrons. The normalized spacial score (nSPS) is 24.4. The van der Waals surface area contributed by atoms with Gasteiger partial charge < -0.3 is 10.4 Å². The highest BCUT2D eigenvalue weighted by Gasteiger charge is 2.34. The topological polar surface area (TPSA) is 79.3 Å². The Hall–Kier alpha value is -1.69. The molecule has 2 aliphatic carbocycles. The summed E-state index contributed by atoms with van der Waals surface area (Å²) in [6.45, 7) is 0. The summed E-state index contributed by atoms with van der Waals surface area (Å²) < 4.78 is 0. The van der Waals surface area contributed by atoms with Gasteiger partial charge in [-0.05, 0) is 38.5 Å². The van der Waals surface area contributed by atoms with Crippen molar-refractivity contribution in [2.45, 2.75) is 38.5 Å². The number of aliphatic carboxylic acids is 1. The quantitative estimate of drug-likeness (QED) is 0.841. The van der Waals surface area contributed by atoms with Crippen LogP contribution in [0.15, 0.2) is 12.2 Å². The van der Waals surface area contributed by atoms with E-state index in [-0.39, 0.29) is 5.91 Å². The standard InChI is InChI=1S/C15H18N2O3S/c18-13(9-5-1-2-6-10(9)14(19)20)17-15-16-11-7-3-4-8-12(11)21-15/h1-2,9-10H,3-8H2,(H,19,20)(H,16,17,18)/t9-,10-/m0/s1. The zero-order valence-electron chi connectivity index (χ0n) is 11.7. The number of anilines is 1. The molecule has 1 heterocycles. The lowest BCUT2D eigenvalue weighted by molar-refractivity contribution is -0.146. The molecule has 0 unspecified atom stereocenters. The fourth-order valence-electron chi connectivity index (χ4n) is 2.98. The molecule has 1 aromatic heterocycles. The molecule has 0 bridgehead atoms. The zero-order valence-corrected chi connectivity index (χ0v) is 12.5. The van der Waals surface area contributed by atoms with Gasteiger partial charge in [0.25, 0.3) is 0 Å². The van der Waals surface area contributed by atoms with Crippen molar-refractivity contribution < 1.29 is 14.7 Å². The van der Waals surface area contributed by atoms with Crippen LogP contribution in [0.1, 0.15) is 36.3 Å². The average molecular weight is 306 g/mol. The summed E-state index contributed by atoms with van der Waals surface area (Å²) in [5.74, 6) is -2.27. The highest BCUT2D eigenvalue weighted by atomic mass is 32.1. The Morgan fingerprint density at radius 3 is 2.62 bits per heavy atom. The number of carboxylic acids is 1. The van der Waals surface area contributed by atoms with Crippen LogP contribution < -0.4 is 5.32 Å². The summed E-state index contributed by atoms with van der Waals surface area (Å²) in [4.78, 5) is 29.3. The predicted molar refractivity (Wildman–Crippen MR) is 80.4 cm³/mol. The lowest BCUT2D eigenvalue weighted by atomic mass is 9.82. The van der Waals surface area contributed by atoms with Crippen molar-refractivity contribution in [1.29, 1.82) is 0 Å². The Labute approximate surface area is 127 Å². The van der Waals surface area contributed by atoms with Gasteiger partial charge in [-0.15, -0.1) is 11.3 Å². The number of rotatable bonds is 3. The monoisotopic (exact) mass is 306 g/mol. The number of hydrogen-bond acceptors (Lipinski definition) is 4. The van der Waals surface area contributed by atoms with Gasteiger partial charge in [-0.3, -0.25) is 9.59 Å². The number of carboxylic acid groups (broad SMARTS) is 1. The van der Waals surface area contributed by atoms with E-state index in [1.807, 2.05) is 12.2 Å². The molecule has 2 N–H and O–H groups in total. The van der Waals surface area contributed by atoms with E-state index in [9.17, 15) is 14.7 Å². The molecule has 0 saturated heterocycles. The first-order valence-electron chi connectivity index (χ1n) is 7.32. The highest BCUT2D eigenvalue weighted by Crippen LogP contribution is 2.31. The number of amides is 1. The fourth-order valence-corrected chi connectivity index (χ4v) is 4.03. The third-order valence-corrected chi connectivity index (χ3v) is 5.24. The Morgan fingerprint density at radius 2 is 1.90 bits per heavy atom. The number of fused-ring (bicyclic) bond motifs is 1. The van der Waals surface area contributed by atoms with Crippen LogP contribution in [-0.2, 0) is 22.4 Å². The molecule has 0 radical (unpaired) electrons. The molecule has 2 aliphatic rings. The van der Waals surface area contributed by atoms with Crippen LogP contribution in [0.3, 0.4) is 0 Å². The number of carbonyl (C=O) groups is 2. The van der Waals surface area contributed by atoms with Gasteiger partial charge in [0, 0.05) is 4.88 Å². The highest BCUT2D eigenvalue weighted by molar-refractivity contribution is 7.15. The smallest absolute Gasteiger partial charge is 0.307 e. The molecule has 0 aromatic carbocycles. The number of carbonyl (C=O) groups excluding carboxylic acids is 1. The third-order valence-electron chi connectivity index (χ3n) is 4.16. The van der Waals surface area contributed by atoms with Crippen molar-refractivity contribution in [2.24, 2.45) is 11.8 Å². The Kier molecular flexibility index (Phi) is 4.05. The first kappa shape index (κ1) is 14.3. The van der Waals surface area contributed by atoms with Crippen LogP contribution in [0.2, 0.25) is 0 Å². The number of thiazole rings is 1. The summed E-state index contributed by atoms with van der Waals surface area (Å²) >= 11 is 1.53. The van der Waals surface area contributed by atoms with Crippen molar-refractivity contribution in [3.8, 4) is 0 Å². The van der Waals surface area contributed by atoms with E-state index >= 15 is 0 Å². The molecule has 2 atom stereocenters. The van der Waals surface area contributed by atoms with E-state index < -0.39 is 17.8 Å². The average Bonchev–Trinajstić information content (AvgIpc) is 2.89. The van der Waals surface area contributed by atoms with Crippen molar-refractivity contribution >= 4 is 28.3 Å². The van der Waals surface area contributed by atoms with E-state index in [1.54, 1.807) is 0 Å². The summed E-state index contributed by atoms with van der Waals surface area (Å²) in [7, 11) is 0. The predicted octanol–water partition coefficient (Wildman–Crippen LogP) is 2.63. The number of aryl methyl sites for hydroxylation is 2. The molecule has 0 aliphatic heterocycles. The maximum absolute atomic E-state index is 12.4. The van der Waals surface area contributed by atoms with Gasteiger partial charge in [0.05, 0.1) is 17.5 Å². The minimum atomic E-state index is -0.905. The van der Waals surface area contributed by atoms with E-state index in [0.29, 0.717) is 18.0 Å². The van der Waals surface area contributed by atoms with Gasteiger partial charge in [0.15, 0.2) is 5.13 Å². The maximum atomic E-state index is 12.4. The van der Waals surface area contributed by atoms with E-state index in [2.05, 4.69) is 10.3 Å². The molecule has 0 fully saturated rings. The lowest BCUT2D eigenvalue weighted by Gasteiger charge is -2.23. The van der Waals surface area contributed by atoms with Crippen LogP contribution in [0.5, 0.6) is 0 Å². The minimum Gasteiger partial charge on any atom is -0.481 e. The van der Waals surface area contributed by atoms with Crippen LogP contribution in [0, 0.1) is 11.8 Å². The number of allylic oxidation sites excluding steroid dienone is 2. The van der Waals surface area contributed by atoms with Crippen LogP contribution in [0.25, 0.3) is 0 Å². The van der Waals surface area contributed by atoms with Crippen LogP contribution in [0.4, 0.5) is 5.13 Å². The molecular formula is C15H18N2O3S. The van der Waals surface area contributed by atoms with Gasteiger partial charge in [-0.1, -0.05) is 12.2 Å². The number of hydrogen-bond donors (Lipinski definition) is 2. The second-order valence-corrected chi connectivity index (χ2v) is 6.66. The molecule has 3 rings (SSSR count). The second-order valence-electron chi connectivity index (χ2n) is 5.58. The summed E-state index contributed by atoms with van der Waals surface area (Å²) in [5.41, 5.74) is 1.10. The van der Waals surface area contributed by atoms with Crippen LogP contribution >= 0.6 is 11.3 Å². The second kappa shape index (κ2) is 5.97. The van der Waals surface area contributed by atoms with Gasteiger partial charge in [-0.25, -0.2) is 4.98 Å². The molecule has 1 aromatic rings. The Bertz CT molecular complexity index is 570. The summed E-state index contributed by atoms with van der Waals surface area (Å²) in [5, 5.41) is 12.7. The maximum Gasteiger partial charge on any atom is 0.307 e. The van der Waals surface area contributed by atoms with Crippen molar-refractivity contribution in [2.75, 3.05) is 5.32 Å². The molecule has 5 nitrogen and oxygen atoms in total. The van der Waals surface area contributed by atoms with Gasteiger partial charge in [0.1, 0.15) is 0 Å². The first-order chi connectivity index (χ1) is 10.1. The Balaban J connectivity index is 1.72. The molecule has 0 spiro atoms. The fraction of sp³-hybridized carbons (Fsp3) is 0.533. The van der Waals surface area contributed by atoms with E-state index in [0.717, 1.165) is 25.0 Å². The molecule has 6 heteroatoms. The Morgan fingerprint density at radius 1 is 1.19 bits per heavy atom. The summed E-state index contributed by atoms with van der Waals surface area (Å²) in [6, 6.07) is 0.